The number of carbonyl (C=O) groups excluding carboxylic acids is 2. The molecular weight excluding hydrogens is 308 g/mol. The topological polar surface area (TPSA) is 76.7 Å². The molecular formula is C18H26N2O4. The summed E-state index contributed by atoms with van der Waals surface area (Å²) in [7, 11) is 0. The Balaban J connectivity index is 1.94. The molecule has 0 aliphatic carbocycles. The molecule has 1 aromatic carbocycles. The van der Waals surface area contributed by atoms with E-state index in [9.17, 15) is 9.59 Å². The Hall–Kier alpha value is -2.08. The molecule has 1 aromatic rings. The lowest BCUT2D eigenvalue weighted by atomic mass is 9.89. The summed E-state index contributed by atoms with van der Waals surface area (Å²) in [5.74, 6) is 0.173. The number of rotatable bonds is 6. The van der Waals surface area contributed by atoms with Crippen molar-refractivity contribution in [2.75, 3.05) is 19.8 Å². The highest BCUT2D eigenvalue weighted by molar-refractivity contribution is 5.90. The van der Waals surface area contributed by atoms with Gasteiger partial charge in [0.25, 0.3) is 0 Å². The molecule has 6 nitrogen and oxygen atoms in total. The van der Waals surface area contributed by atoms with Crippen LogP contribution in [-0.2, 0) is 20.9 Å². The van der Waals surface area contributed by atoms with Crippen molar-refractivity contribution in [2.45, 2.75) is 38.8 Å². The number of amides is 2. The lowest BCUT2D eigenvalue weighted by molar-refractivity contribution is -0.131. The van der Waals surface area contributed by atoms with E-state index in [4.69, 9.17) is 9.47 Å². The molecule has 0 saturated carbocycles. The summed E-state index contributed by atoms with van der Waals surface area (Å²) in [6.45, 7) is 5.67. The molecule has 2 rings (SSSR count). The van der Waals surface area contributed by atoms with Gasteiger partial charge in [-0.1, -0.05) is 44.2 Å². The van der Waals surface area contributed by atoms with Gasteiger partial charge in [-0.05, 0) is 11.5 Å². The maximum Gasteiger partial charge on any atom is 0.408 e. The summed E-state index contributed by atoms with van der Waals surface area (Å²) in [5.41, 5.74) is -0.0566. The molecule has 0 spiro atoms. The molecule has 0 unspecified atom stereocenters. The van der Waals surface area contributed by atoms with E-state index in [2.05, 4.69) is 10.6 Å². The van der Waals surface area contributed by atoms with Crippen molar-refractivity contribution < 1.29 is 19.1 Å². The fraction of sp³-hybridized carbons (Fsp3) is 0.556. The van der Waals surface area contributed by atoms with E-state index in [1.165, 1.54) is 0 Å². The molecule has 132 valence electrons. The number of ether oxygens (including phenoxy) is 2. The first-order chi connectivity index (χ1) is 11.5. The van der Waals surface area contributed by atoms with Crippen molar-refractivity contribution in [3.8, 4) is 0 Å². The minimum absolute atomic E-state index is 0.170. The van der Waals surface area contributed by atoms with Gasteiger partial charge in [0.1, 0.15) is 12.1 Å². The van der Waals surface area contributed by atoms with E-state index in [1.807, 2.05) is 44.2 Å². The number of nitrogens with one attached hydrogen (secondary N) is 2. The Morgan fingerprint density at radius 2 is 1.88 bits per heavy atom. The Kier molecular flexibility index (Phi) is 6.61. The van der Waals surface area contributed by atoms with Crippen molar-refractivity contribution in [3.63, 3.8) is 0 Å². The van der Waals surface area contributed by atoms with E-state index in [0.29, 0.717) is 38.5 Å². The molecule has 0 atom stereocenters. The second kappa shape index (κ2) is 8.68. The average Bonchev–Trinajstić information content (AvgIpc) is 2.59. The third-order valence-corrected chi connectivity index (χ3v) is 4.01. The molecule has 6 heteroatoms. The summed E-state index contributed by atoms with van der Waals surface area (Å²) < 4.78 is 10.6. The lowest BCUT2D eigenvalue weighted by Gasteiger charge is -2.36. The number of benzene rings is 1. The molecule has 0 aromatic heterocycles. The zero-order valence-electron chi connectivity index (χ0n) is 14.3. The van der Waals surface area contributed by atoms with Crippen molar-refractivity contribution in [1.82, 2.24) is 10.6 Å². The van der Waals surface area contributed by atoms with Crippen LogP contribution in [0.3, 0.4) is 0 Å². The van der Waals surface area contributed by atoms with Crippen LogP contribution in [0.25, 0.3) is 0 Å². The van der Waals surface area contributed by atoms with Gasteiger partial charge in [-0.15, -0.1) is 0 Å². The molecule has 24 heavy (non-hydrogen) atoms. The summed E-state index contributed by atoms with van der Waals surface area (Å²) in [6.07, 6.45) is 0.301. The largest absolute Gasteiger partial charge is 0.445 e. The maximum absolute atomic E-state index is 12.6. The van der Waals surface area contributed by atoms with E-state index in [-0.39, 0.29) is 12.5 Å². The maximum atomic E-state index is 12.6. The Morgan fingerprint density at radius 3 is 2.50 bits per heavy atom. The molecule has 1 aliphatic rings. The van der Waals surface area contributed by atoms with Gasteiger partial charge in [0.2, 0.25) is 5.91 Å². The molecule has 0 bridgehead atoms. The van der Waals surface area contributed by atoms with Crippen LogP contribution in [0, 0.1) is 5.92 Å². The predicted molar refractivity (Wildman–Crippen MR) is 90.4 cm³/mol. The van der Waals surface area contributed by atoms with Gasteiger partial charge in [-0.2, -0.15) is 0 Å². The molecule has 2 amide bonds. The van der Waals surface area contributed by atoms with Gasteiger partial charge in [0, 0.05) is 32.6 Å². The number of hydrogen-bond donors (Lipinski definition) is 2. The molecule has 2 N–H and O–H groups in total. The monoisotopic (exact) mass is 334 g/mol. The Morgan fingerprint density at radius 1 is 1.21 bits per heavy atom. The SMILES string of the molecule is CC(C)CNC(=O)C1(NC(=O)OCc2ccccc2)CCOCC1. The van der Waals surface area contributed by atoms with Crippen molar-refractivity contribution in [3.05, 3.63) is 35.9 Å². The van der Waals surface area contributed by atoms with Gasteiger partial charge in [0.05, 0.1) is 0 Å². The van der Waals surface area contributed by atoms with Crippen molar-refractivity contribution in [1.29, 1.82) is 0 Å². The van der Waals surface area contributed by atoms with E-state index < -0.39 is 11.6 Å². The zero-order valence-corrected chi connectivity index (χ0v) is 14.3. The zero-order chi connectivity index (χ0) is 17.4. The standard InChI is InChI=1S/C18H26N2O4/c1-14(2)12-19-16(21)18(8-10-23-11-9-18)20-17(22)24-13-15-6-4-3-5-7-15/h3-7,14H,8-13H2,1-2H3,(H,19,21)(H,20,22). The second-order valence-corrected chi connectivity index (χ2v) is 6.49. The molecule has 1 heterocycles. The first kappa shape index (κ1) is 18.3. The normalized spacial score (nSPS) is 16.5. The smallest absolute Gasteiger partial charge is 0.408 e. The van der Waals surface area contributed by atoms with E-state index in [1.54, 1.807) is 0 Å². The van der Waals surface area contributed by atoms with Crippen LogP contribution in [0.15, 0.2) is 30.3 Å². The van der Waals surface area contributed by atoms with Gasteiger partial charge in [-0.3, -0.25) is 4.79 Å². The number of alkyl carbamates (subject to hydrolysis) is 1. The third kappa shape index (κ3) is 5.23. The third-order valence-electron chi connectivity index (χ3n) is 4.01. The van der Waals surface area contributed by atoms with Crippen molar-refractivity contribution >= 4 is 12.0 Å². The van der Waals surface area contributed by atoms with Crippen LogP contribution >= 0.6 is 0 Å². The highest BCUT2D eigenvalue weighted by Gasteiger charge is 2.41. The quantitative estimate of drug-likeness (QED) is 0.836. The second-order valence-electron chi connectivity index (χ2n) is 6.49. The van der Waals surface area contributed by atoms with Crippen LogP contribution < -0.4 is 10.6 Å². The van der Waals surface area contributed by atoms with Gasteiger partial charge in [0.15, 0.2) is 0 Å². The van der Waals surface area contributed by atoms with E-state index >= 15 is 0 Å². The van der Waals surface area contributed by atoms with Gasteiger partial charge in [-0.25, -0.2) is 4.79 Å². The highest BCUT2D eigenvalue weighted by atomic mass is 16.5. The minimum Gasteiger partial charge on any atom is -0.445 e. The summed E-state index contributed by atoms with van der Waals surface area (Å²) in [4.78, 5) is 24.8. The molecule has 1 fully saturated rings. The van der Waals surface area contributed by atoms with Crippen LogP contribution in [0.2, 0.25) is 0 Å². The number of hydrogen-bond acceptors (Lipinski definition) is 4. The molecule has 1 saturated heterocycles. The fourth-order valence-corrected chi connectivity index (χ4v) is 2.55. The van der Waals surface area contributed by atoms with Crippen LogP contribution in [0.4, 0.5) is 4.79 Å². The van der Waals surface area contributed by atoms with Crippen molar-refractivity contribution in [2.24, 2.45) is 5.92 Å². The molecule has 1 aliphatic heterocycles. The summed E-state index contributed by atoms with van der Waals surface area (Å²) in [5, 5.41) is 5.68. The van der Waals surface area contributed by atoms with Crippen LogP contribution in [0.5, 0.6) is 0 Å². The summed E-state index contributed by atoms with van der Waals surface area (Å²) >= 11 is 0. The Labute approximate surface area is 142 Å². The van der Waals surface area contributed by atoms with Crippen LogP contribution in [-0.4, -0.2) is 37.3 Å². The van der Waals surface area contributed by atoms with E-state index in [0.717, 1.165) is 5.56 Å². The van der Waals surface area contributed by atoms with Gasteiger partial charge < -0.3 is 20.1 Å². The number of carbonyl (C=O) groups is 2. The molecule has 0 radical (unpaired) electrons. The van der Waals surface area contributed by atoms with Crippen LogP contribution in [0.1, 0.15) is 32.3 Å². The Bertz CT molecular complexity index is 539. The minimum atomic E-state index is -0.957. The first-order valence-corrected chi connectivity index (χ1v) is 8.37. The summed E-state index contributed by atoms with van der Waals surface area (Å²) in [6, 6.07) is 9.44. The van der Waals surface area contributed by atoms with Gasteiger partial charge >= 0.3 is 6.09 Å². The predicted octanol–water partition coefficient (Wildman–Crippen LogP) is 2.23. The highest BCUT2D eigenvalue weighted by Crippen LogP contribution is 2.21. The first-order valence-electron chi connectivity index (χ1n) is 8.37. The lowest BCUT2D eigenvalue weighted by Crippen LogP contribution is -2.61. The fourth-order valence-electron chi connectivity index (χ4n) is 2.55. The average molecular weight is 334 g/mol.